The lowest BCUT2D eigenvalue weighted by Crippen LogP contribution is -2.26. The summed E-state index contributed by atoms with van der Waals surface area (Å²) in [7, 11) is 0. The Bertz CT molecular complexity index is 435. The molecule has 17 heavy (non-hydrogen) atoms. The lowest BCUT2D eigenvalue weighted by atomic mass is 10.1. The largest absolute Gasteiger partial charge is 0.349 e. The highest BCUT2D eigenvalue weighted by Gasteiger charge is 2.16. The second-order valence-corrected chi connectivity index (χ2v) is 3.95. The summed E-state index contributed by atoms with van der Waals surface area (Å²) >= 11 is 5.90. The quantitative estimate of drug-likeness (QED) is 0.665. The Balaban J connectivity index is 3.02. The minimum absolute atomic E-state index is 0.195. The molecule has 0 aromatic carbocycles. The molecule has 0 saturated carbocycles. The summed E-state index contributed by atoms with van der Waals surface area (Å²) < 4.78 is 13.1. The highest BCUT2D eigenvalue weighted by molar-refractivity contribution is 6.30. The van der Waals surface area contributed by atoms with Gasteiger partial charge in [0.05, 0.1) is 12.2 Å². The number of carbonyl (C=O) groups is 1. The van der Waals surface area contributed by atoms with Gasteiger partial charge in [0.15, 0.2) is 0 Å². The second kappa shape index (κ2) is 6.35. The number of allylic oxidation sites excluding steroid dienone is 1. The Morgan fingerprint density at radius 2 is 2.41 bits per heavy atom. The summed E-state index contributed by atoms with van der Waals surface area (Å²) in [6, 6.07) is 0.929. The van der Waals surface area contributed by atoms with Crippen LogP contribution < -0.4 is 5.32 Å². The number of hydrogen-bond donors (Lipinski definition) is 1. The van der Waals surface area contributed by atoms with E-state index in [4.69, 9.17) is 11.6 Å². The van der Waals surface area contributed by atoms with Crippen LogP contribution in [-0.4, -0.2) is 10.9 Å². The van der Waals surface area contributed by atoms with Crippen LogP contribution >= 0.6 is 11.6 Å². The van der Waals surface area contributed by atoms with Crippen molar-refractivity contribution >= 4 is 17.5 Å². The van der Waals surface area contributed by atoms with Gasteiger partial charge in [0.2, 0.25) is 5.91 Å². The standard InChI is InChI=1S/C12H14ClFN2O/c1-3-4-5-11(16-8(2)17)10-6-9(14)7-15-12(10)13/h3-4,6-7,11H,5H2,1-2H3,(H,16,17)/t11-/m1/s1. The van der Waals surface area contributed by atoms with Gasteiger partial charge in [-0.25, -0.2) is 9.37 Å². The molecule has 1 heterocycles. The molecule has 92 valence electrons. The van der Waals surface area contributed by atoms with E-state index in [1.165, 1.54) is 13.0 Å². The fourth-order valence-electron chi connectivity index (χ4n) is 1.46. The van der Waals surface area contributed by atoms with Crippen LogP contribution in [0, 0.1) is 5.82 Å². The van der Waals surface area contributed by atoms with Crippen LogP contribution in [0.1, 0.15) is 31.9 Å². The van der Waals surface area contributed by atoms with Crippen molar-refractivity contribution in [1.29, 1.82) is 0 Å². The highest BCUT2D eigenvalue weighted by Crippen LogP contribution is 2.24. The number of carbonyl (C=O) groups excluding carboxylic acids is 1. The maximum Gasteiger partial charge on any atom is 0.217 e. The molecule has 1 N–H and O–H groups in total. The molecule has 0 aliphatic carbocycles. The lowest BCUT2D eigenvalue weighted by molar-refractivity contribution is -0.119. The first-order valence-corrected chi connectivity index (χ1v) is 5.61. The van der Waals surface area contributed by atoms with Crippen LogP contribution in [0.4, 0.5) is 4.39 Å². The molecule has 0 radical (unpaired) electrons. The average molecular weight is 257 g/mol. The zero-order chi connectivity index (χ0) is 12.8. The zero-order valence-corrected chi connectivity index (χ0v) is 10.5. The number of nitrogens with one attached hydrogen (secondary N) is 1. The van der Waals surface area contributed by atoms with Crippen molar-refractivity contribution in [2.24, 2.45) is 0 Å². The summed E-state index contributed by atoms with van der Waals surface area (Å²) in [5.41, 5.74) is 0.486. The molecule has 0 spiro atoms. The van der Waals surface area contributed by atoms with Crippen molar-refractivity contribution in [1.82, 2.24) is 10.3 Å². The summed E-state index contributed by atoms with van der Waals surface area (Å²) in [6.45, 7) is 3.28. The first-order valence-electron chi connectivity index (χ1n) is 5.23. The first kappa shape index (κ1) is 13.6. The van der Waals surface area contributed by atoms with Crippen molar-refractivity contribution in [3.8, 4) is 0 Å². The van der Waals surface area contributed by atoms with E-state index < -0.39 is 5.82 Å². The van der Waals surface area contributed by atoms with Gasteiger partial charge in [0.1, 0.15) is 11.0 Å². The van der Waals surface area contributed by atoms with Crippen LogP contribution in [0.2, 0.25) is 5.15 Å². The molecular formula is C12H14ClFN2O. The smallest absolute Gasteiger partial charge is 0.217 e. The molecule has 0 saturated heterocycles. The van der Waals surface area contributed by atoms with Gasteiger partial charge >= 0.3 is 0 Å². The van der Waals surface area contributed by atoms with Gasteiger partial charge < -0.3 is 5.32 Å². The molecule has 0 fully saturated rings. The average Bonchev–Trinajstić information content (AvgIpc) is 2.27. The van der Waals surface area contributed by atoms with E-state index in [-0.39, 0.29) is 17.1 Å². The van der Waals surface area contributed by atoms with E-state index in [0.29, 0.717) is 12.0 Å². The molecular weight excluding hydrogens is 243 g/mol. The normalized spacial score (nSPS) is 12.7. The van der Waals surface area contributed by atoms with Gasteiger partial charge in [-0.1, -0.05) is 23.8 Å². The summed E-state index contributed by atoms with van der Waals surface area (Å²) in [5.74, 6) is -0.667. The van der Waals surface area contributed by atoms with Crippen LogP contribution in [-0.2, 0) is 4.79 Å². The molecule has 0 bridgehead atoms. The number of amides is 1. The number of aromatic nitrogens is 1. The van der Waals surface area contributed by atoms with Gasteiger partial charge in [-0.15, -0.1) is 0 Å². The fourth-order valence-corrected chi connectivity index (χ4v) is 1.70. The fraction of sp³-hybridized carbons (Fsp3) is 0.333. The van der Waals surface area contributed by atoms with E-state index >= 15 is 0 Å². The van der Waals surface area contributed by atoms with Gasteiger partial charge in [0, 0.05) is 12.5 Å². The number of rotatable bonds is 4. The maximum atomic E-state index is 13.1. The van der Waals surface area contributed by atoms with E-state index in [1.54, 1.807) is 0 Å². The maximum absolute atomic E-state index is 13.1. The molecule has 0 aliphatic rings. The van der Waals surface area contributed by atoms with Gasteiger partial charge in [-0.2, -0.15) is 0 Å². The van der Waals surface area contributed by atoms with E-state index in [0.717, 1.165) is 6.20 Å². The zero-order valence-electron chi connectivity index (χ0n) is 9.71. The molecule has 0 unspecified atom stereocenters. The molecule has 1 rings (SSSR count). The lowest BCUT2D eigenvalue weighted by Gasteiger charge is -2.17. The predicted octanol–water partition coefficient (Wildman–Crippen LogP) is 3.02. The molecule has 5 heteroatoms. The van der Waals surface area contributed by atoms with Crippen molar-refractivity contribution < 1.29 is 9.18 Å². The summed E-state index contributed by atoms with van der Waals surface area (Å²) in [5, 5.41) is 2.92. The summed E-state index contributed by atoms with van der Waals surface area (Å²) in [6.07, 6.45) is 5.32. The minimum Gasteiger partial charge on any atom is -0.349 e. The molecule has 1 aromatic heterocycles. The van der Waals surface area contributed by atoms with Crippen LogP contribution in [0.15, 0.2) is 24.4 Å². The highest BCUT2D eigenvalue weighted by atomic mass is 35.5. The number of hydrogen-bond acceptors (Lipinski definition) is 2. The molecule has 0 aliphatic heterocycles. The number of pyridine rings is 1. The van der Waals surface area contributed by atoms with Gasteiger partial charge in [-0.05, 0) is 19.4 Å². The minimum atomic E-state index is -0.472. The van der Waals surface area contributed by atoms with Gasteiger partial charge in [-0.3, -0.25) is 4.79 Å². The van der Waals surface area contributed by atoms with Crippen LogP contribution in [0.25, 0.3) is 0 Å². The molecule has 1 amide bonds. The third-order valence-electron chi connectivity index (χ3n) is 2.19. The Labute approximate surface area is 105 Å². The molecule has 1 aromatic rings. The van der Waals surface area contributed by atoms with Crippen molar-refractivity contribution in [3.63, 3.8) is 0 Å². The van der Waals surface area contributed by atoms with Crippen LogP contribution in [0.3, 0.4) is 0 Å². The monoisotopic (exact) mass is 256 g/mol. The Morgan fingerprint density at radius 3 is 3.00 bits per heavy atom. The van der Waals surface area contributed by atoms with Crippen LogP contribution in [0.5, 0.6) is 0 Å². The Kier molecular flexibility index (Phi) is 5.10. The van der Waals surface area contributed by atoms with Crippen molar-refractivity contribution in [2.45, 2.75) is 26.3 Å². The van der Waals surface area contributed by atoms with Crippen molar-refractivity contribution in [2.75, 3.05) is 0 Å². The second-order valence-electron chi connectivity index (χ2n) is 3.59. The third-order valence-corrected chi connectivity index (χ3v) is 2.51. The SMILES string of the molecule is CC=CC[C@@H](NC(C)=O)c1cc(F)cnc1Cl. The summed E-state index contributed by atoms with van der Waals surface area (Å²) in [4.78, 5) is 14.8. The topological polar surface area (TPSA) is 42.0 Å². The predicted molar refractivity (Wildman–Crippen MR) is 65.2 cm³/mol. The molecule has 3 nitrogen and oxygen atoms in total. The van der Waals surface area contributed by atoms with E-state index in [1.807, 2.05) is 19.1 Å². The van der Waals surface area contributed by atoms with Crippen molar-refractivity contribution in [3.05, 3.63) is 40.9 Å². The number of halogens is 2. The third kappa shape index (κ3) is 4.15. The van der Waals surface area contributed by atoms with E-state index in [2.05, 4.69) is 10.3 Å². The number of nitrogens with zero attached hydrogens (tertiary/aromatic N) is 1. The van der Waals surface area contributed by atoms with Gasteiger partial charge in [0.25, 0.3) is 0 Å². The molecule has 1 atom stereocenters. The van der Waals surface area contributed by atoms with E-state index in [9.17, 15) is 9.18 Å². The Morgan fingerprint density at radius 1 is 1.71 bits per heavy atom. The Hall–Kier alpha value is -1.42. The first-order chi connectivity index (χ1) is 8.04.